The third-order valence-corrected chi connectivity index (χ3v) is 8.79. The largest absolute Gasteiger partial charge is 0.489 e. The van der Waals surface area contributed by atoms with Crippen LogP contribution in [0.2, 0.25) is 0 Å². The molecule has 43 heavy (non-hydrogen) atoms. The fourth-order valence-corrected chi connectivity index (χ4v) is 6.33. The van der Waals surface area contributed by atoms with Crippen molar-refractivity contribution >= 4 is 33.8 Å². The number of fused-ring (bicyclic) bond motifs is 3. The quantitative estimate of drug-likeness (QED) is 0.307. The van der Waals surface area contributed by atoms with Crippen molar-refractivity contribution in [2.24, 2.45) is 18.7 Å². The van der Waals surface area contributed by atoms with E-state index < -0.39 is 37.0 Å². The van der Waals surface area contributed by atoms with Crippen molar-refractivity contribution in [2.75, 3.05) is 26.4 Å². The molecule has 3 N–H and O–H groups in total. The first kappa shape index (κ1) is 27.8. The average Bonchev–Trinajstić information content (AvgIpc) is 3.57. The Labute approximate surface area is 245 Å². The van der Waals surface area contributed by atoms with Crippen LogP contribution in [0.15, 0.2) is 36.4 Å². The second-order valence-electron chi connectivity index (χ2n) is 12.1. The van der Waals surface area contributed by atoms with E-state index in [-0.39, 0.29) is 19.1 Å². The molecule has 2 atom stereocenters. The second-order valence-corrected chi connectivity index (χ2v) is 12.1. The minimum atomic E-state index is -3.39. The van der Waals surface area contributed by atoms with Gasteiger partial charge in [0.2, 0.25) is 0 Å². The summed E-state index contributed by atoms with van der Waals surface area (Å²) in [6, 6.07) is 10.1. The topological polar surface area (TPSA) is 107 Å². The monoisotopic (exact) mass is 594 g/mol. The molecule has 2 aromatic carbocycles. The number of halogens is 3. The molecule has 9 nitrogen and oxygen atoms in total. The average molecular weight is 595 g/mol. The highest BCUT2D eigenvalue weighted by Crippen LogP contribution is 2.40. The maximum absolute atomic E-state index is 13.8. The van der Waals surface area contributed by atoms with Crippen molar-refractivity contribution in [3.8, 4) is 17.3 Å². The van der Waals surface area contributed by atoms with Gasteiger partial charge in [0.25, 0.3) is 11.8 Å². The van der Waals surface area contributed by atoms with Crippen molar-refractivity contribution in [1.29, 1.82) is 0 Å². The summed E-state index contributed by atoms with van der Waals surface area (Å²) in [5, 5.41) is 3.26. The first-order valence-electron chi connectivity index (χ1n) is 14.7. The van der Waals surface area contributed by atoms with Gasteiger partial charge in [-0.3, -0.25) is 9.59 Å². The van der Waals surface area contributed by atoms with Gasteiger partial charge in [-0.05, 0) is 55.0 Å². The summed E-state index contributed by atoms with van der Waals surface area (Å²) in [5.74, 6) is -3.02. The third-order valence-electron chi connectivity index (χ3n) is 8.79. The minimum Gasteiger partial charge on any atom is -0.489 e. The lowest BCUT2D eigenvalue weighted by Gasteiger charge is -2.30. The Balaban J connectivity index is 1.26. The third kappa shape index (κ3) is 4.91. The van der Waals surface area contributed by atoms with E-state index in [4.69, 9.17) is 15.5 Å². The van der Waals surface area contributed by atoms with Gasteiger partial charge < -0.3 is 29.8 Å². The van der Waals surface area contributed by atoms with E-state index >= 15 is 0 Å². The number of nitrogens with zero attached hydrogens (tertiary/aromatic N) is 4. The molecule has 1 aliphatic carbocycles. The number of ether oxygens (including phenoxy) is 1. The summed E-state index contributed by atoms with van der Waals surface area (Å²) in [5.41, 5.74) is 10.6. The standard InChI is InChI=1S/C31H33F3N6O3/c1-38-24-9-18-7-8-39(15-20(35)13-32)29(41)22(18)11-23(24)37-28(38)25-10-19-3-2-4-26(27(19)40(25)14-17-5-6-17)43-16-21-12-31(33,34)30(42)36-21/h2-4,9-11,17,20-21H,5-8,12-16,35H2,1H3,(H,36,42)/t20-,21?/m1/s1. The number of aryl methyl sites for hydroxylation is 1. The molecule has 0 spiro atoms. The van der Waals surface area contributed by atoms with E-state index in [0.29, 0.717) is 35.7 Å². The van der Waals surface area contributed by atoms with Crippen molar-refractivity contribution in [1.82, 2.24) is 24.3 Å². The molecule has 2 amide bonds. The minimum absolute atomic E-state index is 0.0660. The van der Waals surface area contributed by atoms with Crippen LogP contribution in [-0.2, 0) is 24.8 Å². The molecule has 2 aromatic heterocycles. The molecule has 226 valence electrons. The van der Waals surface area contributed by atoms with E-state index in [1.807, 2.05) is 41.9 Å². The van der Waals surface area contributed by atoms with Gasteiger partial charge in [0.15, 0.2) is 5.82 Å². The van der Waals surface area contributed by atoms with Gasteiger partial charge in [-0.2, -0.15) is 8.78 Å². The highest BCUT2D eigenvalue weighted by molar-refractivity contribution is 6.01. The maximum Gasteiger partial charge on any atom is 0.326 e. The molecule has 0 bridgehead atoms. The first-order chi connectivity index (χ1) is 20.6. The van der Waals surface area contributed by atoms with Crippen LogP contribution in [0, 0.1) is 5.92 Å². The van der Waals surface area contributed by atoms with Gasteiger partial charge in [0.05, 0.1) is 34.3 Å². The van der Waals surface area contributed by atoms with E-state index in [9.17, 15) is 22.8 Å². The number of carbonyl (C=O) groups excluding carboxylic acids is 2. The Morgan fingerprint density at radius 2 is 2.02 bits per heavy atom. The number of rotatable bonds is 9. The van der Waals surface area contributed by atoms with Crippen molar-refractivity contribution < 1.29 is 27.5 Å². The Morgan fingerprint density at radius 3 is 2.74 bits per heavy atom. The van der Waals surface area contributed by atoms with Gasteiger partial charge in [-0.25, -0.2) is 9.37 Å². The molecule has 7 rings (SSSR count). The van der Waals surface area contributed by atoms with Gasteiger partial charge >= 0.3 is 5.92 Å². The summed E-state index contributed by atoms with van der Waals surface area (Å²) in [4.78, 5) is 31.4. The summed E-state index contributed by atoms with van der Waals surface area (Å²) in [7, 11) is 1.95. The number of alkyl halides is 3. The highest BCUT2D eigenvalue weighted by atomic mass is 19.3. The first-order valence-corrected chi connectivity index (χ1v) is 14.7. The lowest BCUT2D eigenvalue weighted by molar-refractivity contribution is -0.139. The lowest BCUT2D eigenvalue weighted by Crippen LogP contribution is -2.45. The SMILES string of the molecule is Cn1c(-c2cc3cccc(OCC4CC(F)(F)C(=O)N4)c3n2CC2CC2)nc2cc3c(cc21)CCN(C[C@H](N)CF)C3=O. The predicted octanol–water partition coefficient (Wildman–Crippen LogP) is 3.80. The molecule has 3 aliphatic rings. The number of amides is 2. The van der Waals surface area contributed by atoms with Crippen LogP contribution in [0.25, 0.3) is 33.5 Å². The van der Waals surface area contributed by atoms with Crippen LogP contribution in [0.4, 0.5) is 13.2 Å². The second kappa shape index (κ2) is 10.3. The van der Waals surface area contributed by atoms with Crippen LogP contribution in [0.1, 0.15) is 35.2 Å². The zero-order chi connectivity index (χ0) is 30.0. The molecule has 4 heterocycles. The predicted molar refractivity (Wildman–Crippen MR) is 155 cm³/mol. The fraction of sp³-hybridized carbons (Fsp3) is 0.452. The van der Waals surface area contributed by atoms with Gasteiger partial charge in [0, 0.05) is 44.1 Å². The molecule has 1 unspecified atom stereocenters. The highest BCUT2D eigenvalue weighted by Gasteiger charge is 2.48. The number of benzene rings is 2. The Hall–Kier alpha value is -4.06. The van der Waals surface area contributed by atoms with Crippen molar-refractivity contribution in [3.63, 3.8) is 0 Å². The van der Waals surface area contributed by atoms with Gasteiger partial charge in [-0.15, -0.1) is 0 Å². The smallest absolute Gasteiger partial charge is 0.326 e. The lowest BCUT2D eigenvalue weighted by atomic mass is 9.97. The van der Waals surface area contributed by atoms with Crippen molar-refractivity contribution in [2.45, 2.75) is 50.2 Å². The summed E-state index contributed by atoms with van der Waals surface area (Å²) in [6.07, 6.45) is 2.28. The molecule has 1 saturated carbocycles. The van der Waals surface area contributed by atoms with Gasteiger partial charge in [-0.1, -0.05) is 12.1 Å². The van der Waals surface area contributed by atoms with E-state index in [1.165, 1.54) is 0 Å². The number of aromatic nitrogens is 3. The fourth-order valence-electron chi connectivity index (χ4n) is 6.33. The van der Waals surface area contributed by atoms with Crippen LogP contribution in [0.5, 0.6) is 5.75 Å². The molecule has 2 fully saturated rings. The normalized spacial score (nSPS) is 20.6. The van der Waals surface area contributed by atoms with Crippen molar-refractivity contribution in [3.05, 3.63) is 47.5 Å². The molecule has 2 aliphatic heterocycles. The Morgan fingerprint density at radius 1 is 1.21 bits per heavy atom. The zero-order valence-corrected chi connectivity index (χ0v) is 23.8. The Kier molecular flexibility index (Phi) is 6.64. The molecular formula is C31H33F3N6O3. The number of nitrogens with two attached hydrogens (primary N) is 1. The number of para-hydroxylation sites is 1. The molecule has 12 heteroatoms. The van der Waals surface area contributed by atoms with Gasteiger partial charge in [0.1, 0.15) is 19.0 Å². The number of nitrogens with one attached hydrogen (secondary N) is 1. The van der Waals surface area contributed by atoms with Crippen LogP contribution < -0.4 is 15.8 Å². The number of hydrogen-bond donors (Lipinski definition) is 2. The maximum atomic E-state index is 13.8. The number of hydrogen-bond acceptors (Lipinski definition) is 5. The summed E-state index contributed by atoms with van der Waals surface area (Å²) in [6.45, 7) is 0.648. The Bertz CT molecular complexity index is 1760. The number of imidazole rings is 1. The number of carbonyl (C=O) groups is 2. The van der Waals surface area contributed by atoms with E-state index in [2.05, 4.69) is 16.0 Å². The molecule has 4 aromatic rings. The van der Waals surface area contributed by atoms with Crippen LogP contribution >= 0.6 is 0 Å². The molecule has 1 saturated heterocycles. The van der Waals surface area contributed by atoms with Crippen LogP contribution in [0.3, 0.4) is 0 Å². The van der Waals surface area contributed by atoms with E-state index in [1.54, 1.807) is 4.90 Å². The summed E-state index contributed by atoms with van der Waals surface area (Å²) < 4.78 is 50.9. The summed E-state index contributed by atoms with van der Waals surface area (Å²) >= 11 is 0. The van der Waals surface area contributed by atoms with Crippen LogP contribution in [-0.4, -0.2) is 75.2 Å². The van der Waals surface area contributed by atoms with E-state index in [0.717, 1.165) is 52.9 Å². The molecular weight excluding hydrogens is 561 g/mol. The molecule has 0 radical (unpaired) electrons. The zero-order valence-electron chi connectivity index (χ0n) is 23.8.